The van der Waals surface area contributed by atoms with Crippen LogP contribution in [0.2, 0.25) is 0 Å². The molecule has 0 aliphatic carbocycles. The van der Waals surface area contributed by atoms with Gasteiger partial charge in [0, 0.05) is 5.88 Å². The topological polar surface area (TPSA) is 9.23 Å². The monoisotopic (exact) mass is 142 g/mol. The van der Waals surface area contributed by atoms with Crippen molar-refractivity contribution < 1.29 is 4.74 Å². The fraction of sp³-hybridized carbons (Fsp3) is 1.00. The van der Waals surface area contributed by atoms with Gasteiger partial charge in [0.15, 0.2) is 0 Å². The van der Waals surface area contributed by atoms with Gasteiger partial charge in [-0.1, -0.05) is 11.6 Å². The maximum atomic E-state index is 5.35. The lowest BCUT2D eigenvalue weighted by Gasteiger charge is -2.03. The van der Waals surface area contributed by atoms with E-state index in [0.29, 0.717) is 5.88 Å². The molecule has 0 fully saturated rings. The van der Waals surface area contributed by atoms with Crippen LogP contribution >= 0.6 is 23.2 Å². The second-order valence-electron chi connectivity index (χ2n) is 1.24. The highest BCUT2D eigenvalue weighted by Gasteiger charge is 1.94. The molecule has 0 aromatic carbocycles. The predicted molar refractivity (Wildman–Crippen MR) is 32.0 cm³/mol. The molecule has 7 heavy (non-hydrogen) atoms. The van der Waals surface area contributed by atoms with Crippen LogP contribution in [0.25, 0.3) is 0 Å². The molecule has 3 heteroatoms. The molecule has 0 aromatic heterocycles. The van der Waals surface area contributed by atoms with E-state index in [1.807, 2.05) is 6.92 Å². The summed E-state index contributed by atoms with van der Waals surface area (Å²) in [5.41, 5.74) is 0. The second kappa shape index (κ2) is 4.69. The van der Waals surface area contributed by atoms with E-state index in [1.165, 1.54) is 0 Å². The first-order valence-electron chi connectivity index (χ1n) is 2.04. The minimum atomic E-state index is 0.0826. The van der Waals surface area contributed by atoms with Crippen LogP contribution in [-0.4, -0.2) is 18.1 Å². The van der Waals surface area contributed by atoms with Gasteiger partial charge in [-0.3, -0.25) is 0 Å². The molecule has 0 saturated carbocycles. The second-order valence-corrected chi connectivity index (χ2v) is 1.77. The first kappa shape index (κ1) is 7.54. The van der Waals surface area contributed by atoms with Crippen LogP contribution < -0.4 is 0 Å². The molecule has 0 unspecified atom stereocenters. The molecule has 0 aliphatic heterocycles. The van der Waals surface area contributed by atoms with Crippen molar-refractivity contribution in [3.8, 4) is 0 Å². The van der Waals surface area contributed by atoms with Crippen molar-refractivity contribution in [3.63, 3.8) is 0 Å². The molecule has 0 rings (SSSR count). The average molecular weight is 143 g/mol. The number of rotatable bonds is 3. The van der Waals surface area contributed by atoms with Crippen molar-refractivity contribution in [3.05, 3.63) is 0 Å². The van der Waals surface area contributed by atoms with E-state index in [4.69, 9.17) is 27.9 Å². The molecule has 0 heterocycles. The lowest BCUT2D eigenvalue weighted by Crippen LogP contribution is -2.07. The molecule has 0 saturated heterocycles. The maximum Gasteiger partial charge on any atom is 0.121 e. The van der Waals surface area contributed by atoms with Gasteiger partial charge < -0.3 is 4.74 Å². The normalized spacial score (nSPS) is 14.1. The van der Waals surface area contributed by atoms with Crippen molar-refractivity contribution in [1.29, 1.82) is 0 Å². The van der Waals surface area contributed by atoms with Crippen LogP contribution in [-0.2, 0) is 4.74 Å². The van der Waals surface area contributed by atoms with Gasteiger partial charge in [-0.15, -0.1) is 11.6 Å². The van der Waals surface area contributed by atoms with Crippen LogP contribution in [0.4, 0.5) is 0 Å². The van der Waals surface area contributed by atoms with Crippen LogP contribution in [0, 0.1) is 0 Å². The van der Waals surface area contributed by atoms with E-state index in [-0.39, 0.29) is 12.2 Å². The molecule has 0 aliphatic rings. The summed E-state index contributed by atoms with van der Waals surface area (Å²) in [4.78, 5) is 0. The molecule has 0 amide bonds. The highest BCUT2D eigenvalue weighted by Crippen LogP contribution is 1.93. The number of alkyl halides is 2. The van der Waals surface area contributed by atoms with Crippen LogP contribution in [0.1, 0.15) is 6.92 Å². The standard InChI is InChI=1S/C4H8Cl2O/c1-4(2-5)7-3-6/h4H,2-3H2,1H3/t4-/m1/s1. The van der Waals surface area contributed by atoms with Crippen LogP contribution in [0.15, 0.2) is 0 Å². The Bertz CT molecular complexity index is 40.7. The lowest BCUT2D eigenvalue weighted by molar-refractivity contribution is 0.119. The lowest BCUT2D eigenvalue weighted by atomic mass is 10.5. The summed E-state index contributed by atoms with van der Waals surface area (Å²) in [5, 5.41) is 0. The van der Waals surface area contributed by atoms with E-state index in [0.717, 1.165) is 0 Å². The smallest absolute Gasteiger partial charge is 0.121 e. The summed E-state index contributed by atoms with van der Waals surface area (Å²) in [5.74, 6) is 0.507. The zero-order valence-electron chi connectivity index (χ0n) is 4.16. The average Bonchev–Trinajstić information content (AvgIpc) is 1.68. The van der Waals surface area contributed by atoms with Crippen LogP contribution in [0.3, 0.4) is 0 Å². The summed E-state index contributed by atoms with van der Waals surface area (Å²) in [7, 11) is 0. The molecular formula is C4H8Cl2O. The Kier molecular flexibility index (Phi) is 5.05. The van der Waals surface area contributed by atoms with Gasteiger partial charge in [-0.2, -0.15) is 0 Å². The minimum absolute atomic E-state index is 0.0826. The Morgan fingerprint density at radius 3 is 2.29 bits per heavy atom. The third-order valence-electron chi connectivity index (χ3n) is 0.565. The Morgan fingerprint density at radius 2 is 2.14 bits per heavy atom. The van der Waals surface area contributed by atoms with Crippen molar-refractivity contribution in [1.82, 2.24) is 0 Å². The Hall–Kier alpha value is 0.540. The molecule has 0 radical (unpaired) electrons. The molecule has 0 N–H and O–H groups in total. The van der Waals surface area contributed by atoms with Gasteiger partial charge in [0.1, 0.15) is 6.07 Å². The van der Waals surface area contributed by atoms with Gasteiger partial charge in [-0.05, 0) is 6.92 Å². The maximum absolute atomic E-state index is 5.35. The Morgan fingerprint density at radius 1 is 1.57 bits per heavy atom. The summed E-state index contributed by atoms with van der Waals surface area (Å²) in [6.07, 6.45) is 0.0826. The third-order valence-corrected chi connectivity index (χ3v) is 1.13. The fourth-order valence-corrected chi connectivity index (χ4v) is 0.456. The van der Waals surface area contributed by atoms with E-state index in [2.05, 4.69) is 0 Å². The number of halogens is 2. The van der Waals surface area contributed by atoms with E-state index >= 15 is 0 Å². The highest BCUT2D eigenvalue weighted by molar-refractivity contribution is 6.18. The van der Waals surface area contributed by atoms with Crippen molar-refractivity contribution in [2.24, 2.45) is 0 Å². The van der Waals surface area contributed by atoms with Gasteiger partial charge in [0.05, 0.1) is 6.10 Å². The molecule has 1 nitrogen and oxygen atoms in total. The molecule has 44 valence electrons. The largest absolute Gasteiger partial charge is 0.362 e. The summed E-state index contributed by atoms with van der Waals surface area (Å²) in [6.45, 7) is 1.87. The first-order valence-corrected chi connectivity index (χ1v) is 3.11. The van der Waals surface area contributed by atoms with Crippen molar-refractivity contribution >= 4 is 23.2 Å². The zero-order valence-corrected chi connectivity index (χ0v) is 5.67. The molecule has 0 aromatic rings. The third kappa shape index (κ3) is 4.39. The number of hydrogen-bond donors (Lipinski definition) is 0. The van der Waals surface area contributed by atoms with Crippen molar-refractivity contribution in [2.45, 2.75) is 13.0 Å². The zero-order chi connectivity index (χ0) is 5.70. The van der Waals surface area contributed by atoms with Gasteiger partial charge in [0.2, 0.25) is 0 Å². The van der Waals surface area contributed by atoms with Gasteiger partial charge in [-0.25, -0.2) is 0 Å². The van der Waals surface area contributed by atoms with Gasteiger partial charge >= 0.3 is 0 Å². The van der Waals surface area contributed by atoms with Crippen LogP contribution in [0.5, 0.6) is 0 Å². The SMILES string of the molecule is C[C@H](CCl)OCCl. The minimum Gasteiger partial charge on any atom is -0.362 e. The summed E-state index contributed by atoms with van der Waals surface area (Å²) < 4.78 is 4.82. The van der Waals surface area contributed by atoms with E-state index < -0.39 is 0 Å². The first-order chi connectivity index (χ1) is 3.31. The predicted octanol–water partition coefficient (Wildman–Crippen LogP) is 1.83. The van der Waals surface area contributed by atoms with E-state index in [1.54, 1.807) is 0 Å². The molecule has 0 spiro atoms. The molecular weight excluding hydrogens is 135 g/mol. The number of ether oxygens (including phenoxy) is 1. The Labute approximate surface area is 53.6 Å². The molecule has 0 bridgehead atoms. The number of hydrogen-bond acceptors (Lipinski definition) is 1. The van der Waals surface area contributed by atoms with Gasteiger partial charge in [0.25, 0.3) is 0 Å². The summed E-state index contributed by atoms with van der Waals surface area (Å²) >= 11 is 10.5. The Balaban J connectivity index is 2.83. The summed E-state index contributed by atoms with van der Waals surface area (Å²) in [6, 6.07) is 0.230. The quantitative estimate of drug-likeness (QED) is 0.547. The van der Waals surface area contributed by atoms with E-state index in [9.17, 15) is 0 Å². The highest BCUT2D eigenvalue weighted by atomic mass is 35.5. The fourth-order valence-electron chi connectivity index (χ4n) is 0.152. The molecule has 1 atom stereocenters. The van der Waals surface area contributed by atoms with Crippen molar-refractivity contribution in [2.75, 3.05) is 11.9 Å².